The Bertz CT molecular complexity index is 672. The van der Waals surface area contributed by atoms with Gasteiger partial charge in [-0.15, -0.1) is 0 Å². The summed E-state index contributed by atoms with van der Waals surface area (Å²) in [6.45, 7) is 7.70. The molecular formula is C19H24N2O3. The van der Waals surface area contributed by atoms with Crippen molar-refractivity contribution in [2.45, 2.75) is 26.3 Å². The van der Waals surface area contributed by atoms with Crippen LogP contribution in [0, 0.1) is 0 Å². The van der Waals surface area contributed by atoms with Gasteiger partial charge in [0.05, 0.1) is 13.2 Å². The maximum absolute atomic E-state index is 12.2. The van der Waals surface area contributed by atoms with Crippen molar-refractivity contribution in [1.82, 2.24) is 4.90 Å². The van der Waals surface area contributed by atoms with Crippen molar-refractivity contribution in [3.63, 3.8) is 0 Å². The predicted octanol–water partition coefficient (Wildman–Crippen LogP) is 3.49. The molecule has 1 amide bonds. The highest BCUT2D eigenvalue weighted by Gasteiger charge is 2.18. The number of aryl methyl sites for hydroxylation is 1. The topological polar surface area (TPSA) is 54.7 Å². The van der Waals surface area contributed by atoms with E-state index in [1.54, 1.807) is 6.07 Å². The molecule has 1 saturated heterocycles. The Morgan fingerprint density at radius 1 is 1.17 bits per heavy atom. The van der Waals surface area contributed by atoms with Crippen molar-refractivity contribution in [1.29, 1.82) is 0 Å². The van der Waals surface area contributed by atoms with Gasteiger partial charge in [0.2, 0.25) is 0 Å². The summed E-state index contributed by atoms with van der Waals surface area (Å²) in [5.74, 6) is 0.941. The van der Waals surface area contributed by atoms with Gasteiger partial charge < -0.3 is 14.5 Å². The maximum Gasteiger partial charge on any atom is 0.291 e. The fourth-order valence-corrected chi connectivity index (χ4v) is 2.90. The highest BCUT2D eigenvalue weighted by Crippen LogP contribution is 2.23. The molecule has 0 saturated carbocycles. The van der Waals surface area contributed by atoms with Gasteiger partial charge in [0.25, 0.3) is 5.91 Å². The smallest absolute Gasteiger partial charge is 0.291 e. The third-order valence-electron chi connectivity index (χ3n) is 4.48. The lowest BCUT2D eigenvalue weighted by Gasteiger charge is -2.32. The van der Waals surface area contributed by atoms with Gasteiger partial charge in [-0.2, -0.15) is 0 Å². The summed E-state index contributed by atoms with van der Waals surface area (Å²) in [7, 11) is 0. The van der Waals surface area contributed by atoms with Gasteiger partial charge in [0, 0.05) is 31.2 Å². The molecule has 1 aromatic heterocycles. The molecule has 3 rings (SSSR count). The third-order valence-corrected chi connectivity index (χ3v) is 4.48. The molecule has 0 spiro atoms. The van der Waals surface area contributed by atoms with E-state index in [2.05, 4.69) is 29.3 Å². The summed E-state index contributed by atoms with van der Waals surface area (Å²) in [5.41, 5.74) is 2.01. The van der Waals surface area contributed by atoms with Crippen LogP contribution in [0.4, 0.5) is 5.69 Å². The van der Waals surface area contributed by atoms with Gasteiger partial charge in [-0.3, -0.25) is 9.69 Å². The van der Waals surface area contributed by atoms with Gasteiger partial charge in [0.1, 0.15) is 5.76 Å². The lowest BCUT2D eigenvalue weighted by atomic mass is 10.1. The fraction of sp³-hybridized carbons (Fsp3) is 0.421. The summed E-state index contributed by atoms with van der Waals surface area (Å²) in [4.78, 5) is 14.6. The maximum atomic E-state index is 12.2. The number of hydrogen-bond donors (Lipinski definition) is 1. The highest BCUT2D eigenvalue weighted by molar-refractivity contribution is 6.02. The van der Waals surface area contributed by atoms with Crippen molar-refractivity contribution in [2.24, 2.45) is 0 Å². The minimum atomic E-state index is -0.219. The fourth-order valence-electron chi connectivity index (χ4n) is 2.90. The lowest BCUT2D eigenvalue weighted by Crippen LogP contribution is -2.37. The Morgan fingerprint density at radius 2 is 1.88 bits per heavy atom. The molecule has 1 N–H and O–H groups in total. The van der Waals surface area contributed by atoms with E-state index in [0.717, 1.165) is 44.2 Å². The van der Waals surface area contributed by atoms with Crippen LogP contribution in [0.5, 0.6) is 0 Å². The number of furan rings is 1. The van der Waals surface area contributed by atoms with Crippen LogP contribution in [-0.2, 0) is 11.2 Å². The molecule has 2 aromatic rings. The van der Waals surface area contributed by atoms with E-state index in [-0.39, 0.29) is 5.91 Å². The molecular weight excluding hydrogens is 304 g/mol. The van der Waals surface area contributed by atoms with Crippen LogP contribution in [0.3, 0.4) is 0 Å². The molecule has 0 radical (unpaired) electrons. The number of hydrogen-bond acceptors (Lipinski definition) is 4. The van der Waals surface area contributed by atoms with Crippen molar-refractivity contribution in [3.8, 4) is 0 Å². The molecule has 1 aromatic carbocycles. The van der Waals surface area contributed by atoms with Crippen LogP contribution < -0.4 is 5.32 Å². The first kappa shape index (κ1) is 16.7. The number of benzene rings is 1. The van der Waals surface area contributed by atoms with Gasteiger partial charge in [0.15, 0.2) is 5.76 Å². The minimum Gasteiger partial charge on any atom is -0.456 e. The number of amides is 1. The van der Waals surface area contributed by atoms with Crippen molar-refractivity contribution < 1.29 is 13.9 Å². The monoisotopic (exact) mass is 328 g/mol. The molecule has 0 aliphatic carbocycles. The summed E-state index contributed by atoms with van der Waals surface area (Å²) < 4.78 is 10.9. The van der Waals surface area contributed by atoms with E-state index in [1.807, 2.05) is 25.1 Å². The van der Waals surface area contributed by atoms with Crippen molar-refractivity contribution in [3.05, 3.63) is 53.5 Å². The first-order valence-corrected chi connectivity index (χ1v) is 8.49. The quantitative estimate of drug-likeness (QED) is 0.913. The van der Waals surface area contributed by atoms with Gasteiger partial charge in [-0.05, 0) is 36.8 Å². The van der Waals surface area contributed by atoms with E-state index in [1.165, 1.54) is 5.56 Å². The highest BCUT2D eigenvalue weighted by atomic mass is 16.5. The average molecular weight is 328 g/mol. The van der Waals surface area contributed by atoms with Crippen LogP contribution in [0.15, 0.2) is 40.8 Å². The Kier molecular flexibility index (Phi) is 5.33. The SMILES string of the molecule is CCc1ccc(C(=O)Nc2ccc([C@H](C)N3CCOCC3)cc2)o1. The van der Waals surface area contributed by atoms with Crippen molar-refractivity contribution in [2.75, 3.05) is 31.6 Å². The molecule has 5 nitrogen and oxygen atoms in total. The van der Waals surface area contributed by atoms with Gasteiger partial charge >= 0.3 is 0 Å². The second-order valence-electron chi connectivity index (χ2n) is 6.02. The Hall–Kier alpha value is -2.11. The number of ether oxygens (including phenoxy) is 1. The molecule has 24 heavy (non-hydrogen) atoms. The van der Waals surface area contributed by atoms with Gasteiger partial charge in [-0.1, -0.05) is 19.1 Å². The summed E-state index contributed by atoms with van der Waals surface area (Å²) in [6, 6.07) is 11.9. The molecule has 0 unspecified atom stereocenters. The zero-order chi connectivity index (χ0) is 16.9. The standard InChI is InChI=1S/C19H24N2O3/c1-3-17-8-9-18(24-17)19(22)20-16-6-4-15(5-7-16)14(2)21-10-12-23-13-11-21/h4-9,14H,3,10-13H2,1-2H3,(H,20,22)/t14-/m0/s1. The van der Waals surface area contributed by atoms with Crippen LogP contribution >= 0.6 is 0 Å². The van der Waals surface area contributed by atoms with Crippen LogP contribution in [0.25, 0.3) is 0 Å². The molecule has 1 aliphatic rings. The second-order valence-corrected chi connectivity index (χ2v) is 6.02. The number of anilines is 1. The first-order valence-electron chi connectivity index (χ1n) is 8.49. The van der Waals surface area contributed by atoms with Crippen LogP contribution in [0.1, 0.15) is 41.8 Å². The number of morpholine rings is 1. The predicted molar refractivity (Wildman–Crippen MR) is 93.3 cm³/mol. The van der Waals surface area contributed by atoms with E-state index in [4.69, 9.17) is 9.15 Å². The second kappa shape index (κ2) is 7.64. The molecule has 5 heteroatoms. The van der Waals surface area contributed by atoms with E-state index < -0.39 is 0 Å². The Labute approximate surface area is 142 Å². The number of carbonyl (C=O) groups is 1. The third kappa shape index (κ3) is 3.86. The lowest BCUT2D eigenvalue weighted by molar-refractivity contribution is 0.0198. The summed E-state index contributed by atoms with van der Waals surface area (Å²) >= 11 is 0. The van der Waals surface area contributed by atoms with Crippen molar-refractivity contribution >= 4 is 11.6 Å². The number of nitrogens with zero attached hydrogens (tertiary/aromatic N) is 1. The van der Waals surface area contributed by atoms with E-state index in [9.17, 15) is 4.79 Å². The Balaban J connectivity index is 1.62. The molecule has 2 heterocycles. The van der Waals surface area contributed by atoms with E-state index >= 15 is 0 Å². The largest absolute Gasteiger partial charge is 0.456 e. The molecule has 1 atom stereocenters. The zero-order valence-corrected chi connectivity index (χ0v) is 14.2. The zero-order valence-electron chi connectivity index (χ0n) is 14.2. The molecule has 128 valence electrons. The molecule has 1 aliphatic heterocycles. The molecule has 0 bridgehead atoms. The van der Waals surface area contributed by atoms with E-state index in [0.29, 0.717) is 11.8 Å². The number of nitrogens with one attached hydrogen (secondary N) is 1. The number of rotatable bonds is 5. The number of carbonyl (C=O) groups excluding carboxylic acids is 1. The summed E-state index contributed by atoms with van der Waals surface area (Å²) in [5, 5.41) is 2.88. The minimum absolute atomic E-state index is 0.219. The van der Waals surface area contributed by atoms with Crippen LogP contribution in [-0.4, -0.2) is 37.1 Å². The van der Waals surface area contributed by atoms with Crippen LogP contribution in [0.2, 0.25) is 0 Å². The Morgan fingerprint density at radius 3 is 2.50 bits per heavy atom. The first-order chi connectivity index (χ1) is 11.7. The normalized spacial score (nSPS) is 16.8. The molecule has 1 fully saturated rings. The van der Waals surface area contributed by atoms with Gasteiger partial charge in [-0.25, -0.2) is 0 Å². The average Bonchev–Trinajstić information content (AvgIpc) is 3.12. The summed E-state index contributed by atoms with van der Waals surface area (Å²) in [6.07, 6.45) is 0.779.